The predicted octanol–water partition coefficient (Wildman–Crippen LogP) is 3.08. The van der Waals surface area contributed by atoms with Crippen LogP contribution in [0.1, 0.15) is 34.3 Å². The minimum atomic E-state index is -0.161. The van der Waals surface area contributed by atoms with Gasteiger partial charge in [0, 0.05) is 25.1 Å². The van der Waals surface area contributed by atoms with Gasteiger partial charge in [0.15, 0.2) is 0 Å². The molecule has 2 aliphatic rings. The molecule has 0 bridgehead atoms. The fourth-order valence-corrected chi connectivity index (χ4v) is 3.86. The van der Waals surface area contributed by atoms with E-state index in [4.69, 9.17) is 0 Å². The van der Waals surface area contributed by atoms with Crippen molar-refractivity contribution in [1.29, 1.82) is 0 Å². The van der Waals surface area contributed by atoms with Crippen molar-refractivity contribution >= 4 is 11.8 Å². The van der Waals surface area contributed by atoms with Gasteiger partial charge in [0.25, 0.3) is 5.91 Å². The summed E-state index contributed by atoms with van der Waals surface area (Å²) in [6.07, 6.45) is 1.41. The number of carbonyl (C=O) groups excluding carboxylic acids is 2. The summed E-state index contributed by atoms with van der Waals surface area (Å²) in [5, 5.41) is 3.01. The summed E-state index contributed by atoms with van der Waals surface area (Å²) in [4.78, 5) is 25.9. The van der Waals surface area contributed by atoms with E-state index in [0.717, 1.165) is 12.0 Å². The van der Waals surface area contributed by atoms with Crippen LogP contribution in [0.3, 0.4) is 0 Å². The molecule has 1 N–H and O–H groups in total. The minimum absolute atomic E-state index is 0.0410. The third-order valence-corrected chi connectivity index (χ3v) is 5.35. The van der Waals surface area contributed by atoms with Crippen molar-refractivity contribution in [3.05, 3.63) is 59.2 Å². The maximum atomic E-state index is 12.6. The Morgan fingerprint density at radius 1 is 1.08 bits per heavy atom. The number of aryl methyl sites for hydroxylation is 2. The molecule has 2 aromatic rings. The van der Waals surface area contributed by atoms with Gasteiger partial charge in [0.05, 0.1) is 5.54 Å². The summed E-state index contributed by atoms with van der Waals surface area (Å²) >= 11 is 0. The summed E-state index contributed by atoms with van der Waals surface area (Å²) in [5.41, 5.74) is 5.33. The highest BCUT2D eigenvalue weighted by atomic mass is 16.2. The van der Waals surface area contributed by atoms with Crippen LogP contribution in [0.4, 0.5) is 0 Å². The molecule has 0 atom stereocenters. The fourth-order valence-electron chi connectivity index (χ4n) is 3.86. The van der Waals surface area contributed by atoms with Crippen molar-refractivity contribution in [3.8, 4) is 11.1 Å². The van der Waals surface area contributed by atoms with Crippen LogP contribution < -0.4 is 5.32 Å². The maximum Gasteiger partial charge on any atom is 0.254 e. The lowest BCUT2D eigenvalue weighted by Crippen LogP contribution is -2.68. The lowest BCUT2D eigenvalue weighted by molar-refractivity contribution is -0.120. The van der Waals surface area contributed by atoms with Gasteiger partial charge in [-0.05, 0) is 49.1 Å². The molecule has 0 aromatic heterocycles. The predicted molar refractivity (Wildman–Crippen MR) is 97.4 cm³/mol. The second-order valence-electron chi connectivity index (χ2n) is 7.39. The van der Waals surface area contributed by atoms with Crippen molar-refractivity contribution in [2.45, 2.75) is 32.2 Å². The topological polar surface area (TPSA) is 49.4 Å². The van der Waals surface area contributed by atoms with Crippen LogP contribution in [0.2, 0.25) is 0 Å². The van der Waals surface area contributed by atoms with Gasteiger partial charge >= 0.3 is 0 Å². The highest BCUT2D eigenvalue weighted by Crippen LogP contribution is 2.32. The molecule has 2 amide bonds. The summed E-state index contributed by atoms with van der Waals surface area (Å²) in [6, 6.07) is 14.2. The van der Waals surface area contributed by atoms with Crippen LogP contribution in [0, 0.1) is 13.8 Å². The van der Waals surface area contributed by atoms with Crippen LogP contribution >= 0.6 is 0 Å². The lowest BCUT2D eigenvalue weighted by atomic mass is 9.87. The van der Waals surface area contributed by atoms with Crippen LogP contribution in [0.5, 0.6) is 0 Å². The van der Waals surface area contributed by atoms with Crippen LogP contribution in [-0.4, -0.2) is 35.3 Å². The largest absolute Gasteiger partial charge is 0.347 e. The van der Waals surface area contributed by atoms with Gasteiger partial charge in [-0.25, -0.2) is 0 Å². The second kappa shape index (κ2) is 5.73. The van der Waals surface area contributed by atoms with Gasteiger partial charge in [0.2, 0.25) is 5.91 Å². The molecule has 0 unspecified atom stereocenters. The smallest absolute Gasteiger partial charge is 0.254 e. The molecular weight excluding hydrogens is 312 g/mol. The molecular formula is C21H22N2O2. The number of carbonyl (C=O) groups is 2. The number of nitrogens with zero attached hydrogens (tertiary/aromatic N) is 1. The highest BCUT2D eigenvalue weighted by Gasteiger charge is 2.49. The number of hydrogen-bond donors (Lipinski definition) is 1. The van der Waals surface area contributed by atoms with Crippen molar-refractivity contribution < 1.29 is 9.59 Å². The normalized spacial score (nSPS) is 18.2. The van der Waals surface area contributed by atoms with E-state index >= 15 is 0 Å². The molecule has 2 aliphatic heterocycles. The van der Waals surface area contributed by atoms with E-state index in [0.29, 0.717) is 25.1 Å². The molecule has 2 heterocycles. The first kappa shape index (κ1) is 15.9. The maximum absolute atomic E-state index is 12.6. The second-order valence-corrected chi connectivity index (χ2v) is 7.39. The third kappa shape index (κ3) is 2.82. The Morgan fingerprint density at radius 3 is 2.44 bits per heavy atom. The van der Waals surface area contributed by atoms with E-state index in [1.807, 2.05) is 29.2 Å². The molecule has 0 radical (unpaired) electrons. The zero-order valence-electron chi connectivity index (χ0n) is 14.6. The Balaban J connectivity index is 1.48. The summed E-state index contributed by atoms with van der Waals surface area (Å²) in [5.74, 6) is 0.143. The molecule has 2 fully saturated rings. The van der Waals surface area contributed by atoms with E-state index in [9.17, 15) is 9.59 Å². The Labute approximate surface area is 147 Å². The third-order valence-electron chi connectivity index (χ3n) is 5.35. The van der Waals surface area contributed by atoms with Crippen molar-refractivity contribution in [3.63, 3.8) is 0 Å². The molecule has 4 rings (SSSR count). The van der Waals surface area contributed by atoms with Crippen molar-refractivity contribution in [2.24, 2.45) is 0 Å². The molecule has 128 valence electrons. The molecule has 2 saturated heterocycles. The number of benzene rings is 2. The van der Waals surface area contributed by atoms with Crippen LogP contribution in [0.25, 0.3) is 11.1 Å². The average molecular weight is 334 g/mol. The Morgan fingerprint density at radius 2 is 1.80 bits per heavy atom. The molecule has 25 heavy (non-hydrogen) atoms. The Bertz CT molecular complexity index is 849. The number of likely N-dealkylation sites (tertiary alicyclic amines) is 1. The molecule has 2 aromatic carbocycles. The van der Waals surface area contributed by atoms with Crippen LogP contribution in [-0.2, 0) is 4.79 Å². The van der Waals surface area contributed by atoms with Crippen molar-refractivity contribution in [1.82, 2.24) is 10.2 Å². The zero-order chi connectivity index (χ0) is 17.6. The summed E-state index contributed by atoms with van der Waals surface area (Å²) in [7, 11) is 0. The van der Waals surface area contributed by atoms with Gasteiger partial charge in [-0.1, -0.05) is 35.9 Å². The van der Waals surface area contributed by atoms with E-state index in [-0.39, 0.29) is 17.4 Å². The monoisotopic (exact) mass is 334 g/mol. The zero-order valence-corrected chi connectivity index (χ0v) is 14.6. The first-order valence-electron chi connectivity index (χ1n) is 8.74. The van der Waals surface area contributed by atoms with E-state index in [2.05, 4.69) is 37.4 Å². The SMILES string of the molecule is Cc1ccc(C)c(-c2ccc(C(=O)N3CC4(CCC(=O)N4)C3)cc2)c1. The van der Waals surface area contributed by atoms with Gasteiger partial charge in [-0.3, -0.25) is 9.59 Å². The molecule has 0 saturated carbocycles. The standard InChI is InChI=1S/C21H22N2O2/c1-14-3-4-15(2)18(11-14)16-5-7-17(8-6-16)20(25)23-12-21(13-23)10-9-19(24)22-21/h3-8,11H,9-10,12-13H2,1-2H3,(H,22,24). The number of rotatable bonds is 2. The van der Waals surface area contributed by atoms with E-state index in [1.54, 1.807) is 0 Å². The highest BCUT2D eigenvalue weighted by molar-refractivity contribution is 5.96. The first-order chi connectivity index (χ1) is 12.0. The minimum Gasteiger partial charge on any atom is -0.347 e. The summed E-state index contributed by atoms with van der Waals surface area (Å²) in [6.45, 7) is 5.43. The quantitative estimate of drug-likeness (QED) is 0.917. The average Bonchev–Trinajstić information content (AvgIpc) is 2.97. The Kier molecular flexibility index (Phi) is 3.64. The van der Waals surface area contributed by atoms with Gasteiger partial charge in [0.1, 0.15) is 0 Å². The van der Waals surface area contributed by atoms with Gasteiger partial charge in [-0.15, -0.1) is 0 Å². The van der Waals surface area contributed by atoms with E-state index < -0.39 is 0 Å². The fraction of sp³-hybridized carbons (Fsp3) is 0.333. The molecule has 1 spiro atoms. The molecule has 0 aliphatic carbocycles. The molecule has 4 nitrogen and oxygen atoms in total. The number of nitrogens with one attached hydrogen (secondary N) is 1. The van der Waals surface area contributed by atoms with Gasteiger partial charge < -0.3 is 10.2 Å². The van der Waals surface area contributed by atoms with Gasteiger partial charge in [-0.2, -0.15) is 0 Å². The van der Waals surface area contributed by atoms with Crippen molar-refractivity contribution in [2.75, 3.05) is 13.1 Å². The molecule has 4 heteroatoms. The van der Waals surface area contributed by atoms with E-state index in [1.165, 1.54) is 16.7 Å². The summed E-state index contributed by atoms with van der Waals surface area (Å²) < 4.78 is 0. The Hall–Kier alpha value is -2.62. The number of hydrogen-bond acceptors (Lipinski definition) is 2. The first-order valence-corrected chi connectivity index (χ1v) is 8.74. The lowest BCUT2D eigenvalue weighted by Gasteiger charge is -2.47. The van der Waals surface area contributed by atoms with Crippen LogP contribution in [0.15, 0.2) is 42.5 Å². The number of amides is 2.